The molecule has 3 heterocycles. The summed E-state index contributed by atoms with van der Waals surface area (Å²) in [5.41, 5.74) is 7.83. The van der Waals surface area contributed by atoms with E-state index >= 15 is 0 Å². The number of aromatic nitrogens is 4. The van der Waals surface area contributed by atoms with Gasteiger partial charge in [-0.3, -0.25) is 4.57 Å². The number of para-hydroxylation sites is 2. The van der Waals surface area contributed by atoms with Crippen molar-refractivity contribution in [2.75, 3.05) is 0 Å². The van der Waals surface area contributed by atoms with E-state index in [-0.39, 0.29) is 49.0 Å². The summed E-state index contributed by atoms with van der Waals surface area (Å²) in [6.07, 6.45) is 7.33. The zero-order valence-electron chi connectivity index (χ0n) is 46.2. The summed E-state index contributed by atoms with van der Waals surface area (Å²) in [5, 5.41) is 2.02. The maximum Gasteiger partial charge on any atom is 0.268 e. The molecule has 11 aromatic rings. The van der Waals surface area contributed by atoms with E-state index in [1.54, 1.807) is 33.4 Å². The molecule has 0 bridgehead atoms. The maximum absolute atomic E-state index is 9.07. The molecule has 5 nitrogen and oxygen atoms in total. The molecule has 66 heavy (non-hydrogen) atoms. The van der Waals surface area contributed by atoms with Gasteiger partial charge in [0.2, 0.25) is 0 Å². The summed E-state index contributed by atoms with van der Waals surface area (Å²) in [6, 6.07) is 42.6. The minimum absolute atomic E-state index is 0. The Hall–Kier alpha value is -7.33. The third kappa shape index (κ3) is 7.74. The number of benzene rings is 8. The van der Waals surface area contributed by atoms with Crippen LogP contribution in [0.2, 0.25) is 0 Å². The Bertz CT molecular complexity index is 3970. The number of hydrogen-bond donors (Lipinski definition) is 0. The van der Waals surface area contributed by atoms with E-state index in [1.807, 2.05) is 73.8 Å². The Kier molecular flexibility index (Phi) is 8.96. The summed E-state index contributed by atoms with van der Waals surface area (Å²) in [5.74, 6) is 1.95. The Balaban J connectivity index is 0.00000657. The van der Waals surface area contributed by atoms with Gasteiger partial charge in [-0.25, -0.2) is 4.98 Å². The van der Waals surface area contributed by atoms with Crippen LogP contribution < -0.4 is 9.30 Å². The number of pyridine rings is 1. The molecule has 0 N–H and O–H groups in total. The molecule has 0 saturated carbocycles. The number of imidazole rings is 1. The van der Waals surface area contributed by atoms with Crippen LogP contribution in [0, 0.1) is 25.4 Å². The van der Waals surface area contributed by atoms with Crippen molar-refractivity contribution in [3.63, 3.8) is 0 Å². The Labute approximate surface area is 414 Å². The van der Waals surface area contributed by atoms with Crippen molar-refractivity contribution in [1.82, 2.24) is 14.1 Å². The van der Waals surface area contributed by atoms with Gasteiger partial charge in [-0.15, -0.1) is 29.7 Å². The molecule has 0 aliphatic carbocycles. The fourth-order valence-corrected chi connectivity index (χ4v) is 8.97. The molecular weight excluding hydrogens is 988 g/mol. The molecule has 0 radical (unpaired) electrons. The van der Waals surface area contributed by atoms with E-state index in [2.05, 4.69) is 79.3 Å². The molecule has 0 aliphatic heterocycles. The number of hydrogen-bond acceptors (Lipinski definition) is 2. The number of aryl methyl sites for hydroxylation is 1. The monoisotopic (exact) mass is 1040 g/mol. The van der Waals surface area contributed by atoms with E-state index < -0.39 is 60.4 Å². The largest absolute Gasteiger partial charge is 0.510 e. The molecule has 0 atom stereocenters. The summed E-state index contributed by atoms with van der Waals surface area (Å²) in [4.78, 5) is 4.91. The first kappa shape index (κ1) is 32.3. The van der Waals surface area contributed by atoms with Gasteiger partial charge in [-0.2, -0.15) is 18.2 Å². The quantitative estimate of drug-likeness (QED) is 0.0956. The topological polar surface area (TPSA) is 35.9 Å². The number of fused-ring (bicyclic) bond motifs is 4. The molecule has 3 aromatic heterocycles. The number of ether oxygens (including phenoxy) is 1. The molecule has 11 rings (SSSR count). The second-order valence-corrected chi connectivity index (χ2v) is 15.9. The molecule has 0 saturated heterocycles. The van der Waals surface area contributed by atoms with Crippen molar-refractivity contribution in [3.05, 3.63) is 224 Å². The Morgan fingerprint density at radius 2 is 1.33 bits per heavy atom. The van der Waals surface area contributed by atoms with E-state index in [0.29, 0.717) is 34.1 Å². The molecule has 324 valence electrons. The SMILES string of the molecule is [2H]c1c([2H])c([2H])c(-c2cccc(-c3c([2H])c([2H])c([2H])c([2H])c3[2H])c2-[n+]2[c-]n(-c3[c-]c(Oc4[c-]c5c(cc4)c4cc(-c6ccccc6)ccc4n5-c4cc(C(CC)CC)ccn4)ccc3)c3cccc(C)c32)c([2H])c1[2H].[Pt]. The maximum atomic E-state index is 9.07. The van der Waals surface area contributed by atoms with Gasteiger partial charge in [0.15, 0.2) is 0 Å². The predicted molar refractivity (Wildman–Crippen MR) is 264 cm³/mol. The van der Waals surface area contributed by atoms with Gasteiger partial charge in [0.25, 0.3) is 6.33 Å². The molecule has 0 spiro atoms. The summed E-state index contributed by atoms with van der Waals surface area (Å²) >= 11 is 0. The van der Waals surface area contributed by atoms with Crippen molar-refractivity contribution in [3.8, 4) is 62.1 Å². The van der Waals surface area contributed by atoms with Gasteiger partial charge in [-0.05, 0) is 99.5 Å². The first-order valence-corrected chi connectivity index (χ1v) is 21.7. The second kappa shape index (κ2) is 18.3. The van der Waals surface area contributed by atoms with Crippen molar-refractivity contribution in [2.45, 2.75) is 39.5 Å². The van der Waals surface area contributed by atoms with Crippen LogP contribution in [-0.2, 0) is 21.1 Å². The molecule has 6 heteroatoms. The molecule has 0 aliphatic rings. The number of rotatable bonds is 11. The van der Waals surface area contributed by atoms with Crippen LogP contribution in [0.3, 0.4) is 0 Å². The minimum atomic E-state index is -0.571. The van der Waals surface area contributed by atoms with Crippen LogP contribution in [0.4, 0.5) is 0 Å². The van der Waals surface area contributed by atoms with Crippen LogP contribution in [0.15, 0.2) is 194 Å². The smallest absolute Gasteiger partial charge is 0.268 e. The van der Waals surface area contributed by atoms with Crippen LogP contribution >= 0.6 is 0 Å². The van der Waals surface area contributed by atoms with Crippen LogP contribution in [0.5, 0.6) is 11.5 Å². The average molecular weight is 1040 g/mol. The predicted octanol–water partition coefficient (Wildman–Crippen LogP) is 14.8. The average Bonchev–Trinajstić information content (AvgIpc) is 4.07. The van der Waals surface area contributed by atoms with Crippen molar-refractivity contribution in [2.24, 2.45) is 0 Å². The standard InChI is InChI=1S/C60H46N4O.Pt/c1-4-42(5-2)47-34-35-61-58(37-47)64-55-33-30-46(43-19-9-6-10-20-43)36-54(55)53-32-31-50(39-57(53)64)65-49-26-16-25-48(38-49)62-40-63(59-41(3)18-15-29-56(59)62)60-51(44-21-11-7-12-22-44)27-17-28-52(60)45-23-13-8-14-24-45;/h6-37,42H,4-5H2,1-3H3;/q-2;/i7D,8D,11D,12D,13D,14D,21D,22D,23D,24D;. The first-order valence-electron chi connectivity index (χ1n) is 26.7. The van der Waals surface area contributed by atoms with Gasteiger partial charge in [-0.1, -0.05) is 159 Å². The van der Waals surface area contributed by atoms with Crippen molar-refractivity contribution in [1.29, 1.82) is 0 Å². The van der Waals surface area contributed by atoms with Crippen molar-refractivity contribution < 1.29 is 44.1 Å². The fraction of sp³-hybridized carbons (Fsp3) is 0.100. The zero-order valence-corrected chi connectivity index (χ0v) is 38.5. The third-order valence-corrected chi connectivity index (χ3v) is 12.1. The van der Waals surface area contributed by atoms with E-state index in [0.717, 1.165) is 57.2 Å². The molecule has 8 aromatic carbocycles. The molecule has 0 amide bonds. The first-order chi connectivity index (χ1) is 36.2. The zero-order chi connectivity index (χ0) is 52.6. The summed E-state index contributed by atoms with van der Waals surface area (Å²) in [7, 11) is 0. The number of nitrogens with zero attached hydrogens (tertiary/aromatic N) is 4. The van der Waals surface area contributed by atoms with Crippen LogP contribution in [0.1, 0.15) is 57.4 Å². The van der Waals surface area contributed by atoms with E-state index in [4.69, 9.17) is 23.4 Å². The normalized spacial score (nSPS) is 13.5. The Morgan fingerprint density at radius 3 is 2.06 bits per heavy atom. The van der Waals surface area contributed by atoms with Crippen LogP contribution in [-0.4, -0.2) is 14.1 Å². The fourth-order valence-electron chi connectivity index (χ4n) is 8.97. The van der Waals surface area contributed by atoms with Crippen molar-refractivity contribution >= 4 is 32.8 Å². The second-order valence-electron chi connectivity index (χ2n) is 15.9. The third-order valence-electron chi connectivity index (χ3n) is 12.1. The van der Waals surface area contributed by atoms with Gasteiger partial charge in [0.1, 0.15) is 5.82 Å². The van der Waals surface area contributed by atoms with Crippen LogP contribution in [0.25, 0.3) is 83.4 Å². The minimum Gasteiger partial charge on any atom is -0.510 e. The van der Waals surface area contributed by atoms with Gasteiger partial charge >= 0.3 is 0 Å². The van der Waals surface area contributed by atoms with Gasteiger partial charge in [0, 0.05) is 44.3 Å². The summed E-state index contributed by atoms with van der Waals surface area (Å²) in [6.45, 7) is 6.30. The van der Waals surface area contributed by atoms with Gasteiger partial charge in [0.05, 0.1) is 30.4 Å². The Morgan fingerprint density at radius 1 is 0.636 bits per heavy atom. The van der Waals surface area contributed by atoms with Gasteiger partial charge < -0.3 is 13.9 Å². The molecular formula is C60H46N4OPt-2. The molecule has 0 fully saturated rings. The summed E-state index contributed by atoms with van der Waals surface area (Å²) < 4.78 is 99.7. The van der Waals surface area contributed by atoms with E-state index in [1.165, 1.54) is 5.56 Å². The van der Waals surface area contributed by atoms with E-state index in [9.17, 15) is 0 Å². The molecule has 0 unspecified atom stereocenters.